The van der Waals surface area contributed by atoms with Crippen LogP contribution in [0.15, 0.2) is 108 Å². The first-order chi connectivity index (χ1) is 17.6. The third-order valence-electron chi connectivity index (χ3n) is 5.94. The fourth-order valence-electron chi connectivity index (χ4n) is 4.03. The molecule has 0 N–H and O–H groups in total. The molecule has 4 aromatic heterocycles. The van der Waals surface area contributed by atoms with Gasteiger partial charge in [0.1, 0.15) is 17.0 Å². The van der Waals surface area contributed by atoms with Crippen LogP contribution >= 0.6 is 11.3 Å². The first kappa shape index (κ1) is 21.9. The maximum atomic E-state index is 13.4. The van der Waals surface area contributed by atoms with Crippen molar-refractivity contribution >= 4 is 34.2 Å². The number of hydrogen-bond donors (Lipinski definition) is 0. The molecule has 0 bridgehead atoms. The van der Waals surface area contributed by atoms with Crippen LogP contribution in [0.4, 0.5) is 5.69 Å². The highest BCUT2D eigenvalue weighted by Crippen LogP contribution is 2.28. The van der Waals surface area contributed by atoms with E-state index in [0.29, 0.717) is 22.0 Å². The van der Waals surface area contributed by atoms with E-state index in [2.05, 4.69) is 5.10 Å². The number of furan rings is 2. The molecule has 0 saturated carbocycles. The monoisotopic (exact) mass is 495 g/mol. The molecule has 0 aliphatic carbocycles. The van der Waals surface area contributed by atoms with Gasteiger partial charge in [0.15, 0.2) is 11.4 Å². The molecule has 0 aliphatic rings. The number of rotatable bonds is 5. The molecule has 36 heavy (non-hydrogen) atoms. The minimum Gasteiger partial charge on any atom is -0.463 e. The van der Waals surface area contributed by atoms with Crippen molar-refractivity contribution in [2.45, 2.75) is 6.92 Å². The molecule has 9 heteroatoms. The molecule has 4 heterocycles. The maximum absolute atomic E-state index is 13.4. The number of hydrogen-bond acceptors (Lipinski definition) is 6. The summed E-state index contributed by atoms with van der Waals surface area (Å²) in [6, 6.07) is 22.9. The Kier molecular flexibility index (Phi) is 5.38. The molecule has 0 radical (unpaired) electrons. The van der Waals surface area contributed by atoms with Gasteiger partial charge in [0.25, 0.3) is 5.56 Å². The minimum absolute atomic E-state index is 0.207. The Bertz CT molecular complexity index is 1800. The second-order valence-corrected chi connectivity index (χ2v) is 8.98. The van der Waals surface area contributed by atoms with Gasteiger partial charge in [-0.3, -0.25) is 9.48 Å². The molecule has 0 saturated heterocycles. The van der Waals surface area contributed by atoms with Crippen molar-refractivity contribution in [2.75, 3.05) is 0 Å². The number of benzene rings is 2. The summed E-state index contributed by atoms with van der Waals surface area (Å²) in [5.41, 5.74) is 3.15. The summed E-state index contributed by atoms with van der Waals surface area (Å²) in [6.07, 6.45) is 3.20. The molecule has 0 amide bonds. The molecule has 8 nitrogen and oxygen atoms in total. The average molecular weight is 496 g/mol. The van der Waals surface area contributed by atoms with Crippen LogP contribution in [-0.2, 0) is 7.05 Å². The first-order valence-corrected chi connectivity index (χ1v) is 12.1. The van der Waals surface area contributed by atoms with E-state index in [4.69, 9.17) is 13.8 Å². The van der Waals surface area contributed by atoms with Gasteiger partial charge in [-0.2, -0.15) is 5.10 Å². The summed E-state index contributed by atoms with van der Waals surface area (Å²) in [5, 5.41) is 7.55. The van der Waals surface area contributed by atoms with Gasteiger partial charge >= 0.3 is 0 Å². The summed E-state index contributed by atoms with van der Waals surface area (Å²) in [7, 11) is 1.85. The van der Waals surface area contributed by atoms with E-state index in [9.17, 15) is 4.79 Å². The van der Waals surface area contributed by atoms with E-state index in [1.54, 1.807) is 32.6 Å². The quantitative estimate of drug-likeness (QED) is 0.298. The van der Waals surface area contributed by atoms with Crippen molar-refractivity contribution in [3.63, 3.8) is 0 Å². The van der Waals surface area contributed by atoms with Gasteiger partial charge in [-0.15, -0.1) is 11.3 Å². The van der Waals surface area contributed by atoms with Gasteiger partial charge in [-0.05, 0) is 43.3 Å². The van der Waals surface area contributed by atoms with E-state index >= 15 is 0 Å². The number of fused-ring (bicyclic) bond motifs is 1. The van der Waals surface area contributed by atoms with E-state index < -0.39 is 0 Å². The zero-order chi connectivity index (χ0) is 24.6. The predicted octanol–water partition coefficient (Wildman–Crippen LogP) is 5.47. The van der Waals surface area contributed by atoms with E-state index in [1.165, 1.54) is 11.3 Å². The summed E-state index contributed by atoms with van der Waals surface area (Å²) in [6.45, 7) is 1.88. The Morgan fingerprint density at radius 2 is 1.81 bits per heavy atom. The highest BCUT2D eigenvalue weighted by Gasteiger charge is 2.18. The Labute approximate surface area is 209 Å². The maximum Gasteiger partial charge on any atom is 0.297 e. The molecule has 0 unspecified atom stereocenters. The molecule has 178 valence electrons. The topological polar surface area (TPSA) is 82.9 Å². The zero-order valence-electron chi connectivity index (χ0n) is 19.5. The molecule has 6 aromatic rings. The predicted molar refractivity (Wildman–Crippen MR) is 140 cm³/mol. The summed E-state index contributed by atoms with van der Waals surface area (Å²) >= 11 is 1.38. The van der Waals surface area contributed by atoms with E-state index in [0.717, 1.165) is 28.0 Å². The van der Waals surface area contributed by atoms with Gasteiger partial charge in [0.05, 0.1) is 23.9 Å². The average Bonchev–Trinajstić information content (AvgIpc) is 3.68. The molecule has 0 fully saturated rings. The zero-order valence-corrected chi connectivity index (χ0v) is 20.3. The normalized spacial score (nSPS) is 12.3. The van der Waals surface area contributed by atoms with Crippen molar-refractivity contribution in [1.29, 1.82) is 0 Å². The number of thiazole rings is 1. The smallest absolute Gasteiger partial charge is 0.297 e. The first-order valence-electron chi connectivity index (χ1n) is 11.3. The lowest BCUT2D eigenvalue weighted by Gasteiger charge is -2.07. The minimum atomic E-state index is -0.207. The molecule has 6 rings (SSSR count). The lowest BCUT2D eigenvalue weighted by atomic mass is 10.2. The van der Waals surface area contributed by atoms with E-state index in [-0.39, 0.29) is 5.56 Å². The van der Waals surface area contributed by atoms with Crippen molar-refractivity contribution < 1.29 is 8.83 Å². The molecule has 0 spiro atoms. The third kappa shape index (κ3) is 3.75. The van der Waals surface area contributed by atoms with Gasteiger partial charge in [-0.25, -0.2) is 14.4 Å². The van der Waals surface area contributed by atoms with Crippen molar-refractivity contribution in [2.24, 2.45) is 17.1 Å². The van der Waals surface area contributed by atoms with Crippen LogP contribution in [0.5, 0.6) is 0 Å². The third-order valence-corrected chi connectivity index (χ3v) is 6.75. The molecule has 0 aliphatic heterocycles. The fraction of sp³-hybridized carbons (Fsp3) is 0.0741. The van der Waals surface area contributed by atoms with Crippen LogP contribution in [0.2, 0.25) is 0 Å². The summed E-state index contributed by atoms with van der Waals surface area (Å²) in [5.74, 6) is 1.24. The van der Waals surface area contributed by atoms with Crippen LogP contribution in [0.1, 0.15) is 11.5 Å². The Balaban J connectivity index is 1.55. The fourth-order valence-corrected chi connectivity index (χ4v) is 4.85. The van der Waals surface area contributed by atoms with Crippen LogP contribution in [0, 0.1) is 6.92 Å². The van der Waals surface area contributed by atoms with Gasteiger partial charge in [0.2, 0.25) is 4.80 Å². The largest absolute Gasteiger partial charge is 0.463 e. The van der Waals surface area contributed by atoms with E-state index in [1.807, 2.05) is 86.1 Å². The lowest BCUT2D eigenvalue weighted by molar-refractivity contribution is 0.559. The summed E-state index contributed by atoms with van der Waals surface area (Å²) < 4.78 is 16.6. The highest BCUT2D eigenvalue weighted by atomic mass is 32.1. The Morgan fingerprint density at radius 3 is 2.58 bits per heavy atom. The van der Waals surface area contributed by atoms with Crippen LogP contribution in [0.25, 0.3) is 28.1 Å². The summed E-state index contributed by atoms with van der Waals surface area (Å²) in [4.78, 5) is 18.8. The number of nitrogens with zero attached hydrogens (tertiary/aromatic N) is 5. The lowest BCUT2D eigenvalue weighted by Crippen LogP contribution is -2.19. The molecular weight excluding hydrogens is 474 g/mol. The van der Waals surface area contributed by atoms with Crippen molar-refractivity contribution in [3.8, 4) is 17.1 Å². The van der Waals surface area contributed by atoms with Gasteiger partial charge < -0.3 is 8.83 Å². The van der Waals surface area contributed by atoms with Crippen LogP contribution in [0.3, 0.4) is 0 Å². The molecular formula is C27H21N5O3S. The molecule has 0 atom stereocenters. The Morgan fingerprint density at radius 1 is 1.00 bits per heavy atom. The van der Waals surface area contributed by atoms with Gasteiger partial charge in [0, 0.05) is 17.8 Å². The van der Waals surface area contributed by atoms with Gasteiger partial charge in [-0.1, -0.05) is 36.4 Å². The number of aromatic nitrogens is 3. The van der Waals surface area contributed by atoms with Crippen molar-refractivity contribution in [1.82, 2.24) is 14.0 Å². The molecule has 2 aromatic carbocycles. The second kappa shape index (κ2) is 8.86. The second-order valence-electron chi connectivity index (χ2n) is 8.15. The highest BCUT2D eigenvalue weighted by molar-refractivity contribution is 7.07. The SMILES string of the molecule is Cc1c(N=c2scc(-c3cc4ccccc4o3)n2N=Cc2ccco2)c(=O)n(-c2ccccc2)n1C. The van der Waals surface area contributed by atoms with Crippen molar-refractivity contribution in [3.05, 3.63) is 111 Å². The van der Waals surface area contributed by atoms with Crippen LogP contribution < -0.4 is 10.4 Å². The van der Waals surface area contributed by atoms with Crippen LogP contribution in [-0.4, -0.2) is 20.3 Å². The number of para-hydroxylation sites is 2. The Hall–Kier alpha value is -4.63. The standard InChI is InChI=1S/C27H21N5O3S/c1-18-25(26(33)32(30(18)2)20-10-4-3-5-11-20)29-27-31(28-16-21-12-8-14-34-21)22(17-36-27)24-15-19-9-6-7-13-23(19)35-24/h3-17H,1-2H3.